The molecular formula is C10H10N2OS2. The first kappa shape index (κ1) is 10.4. The Labute approximate surface area is 95.9 Å². The summed E-state index contributed by atoms with van der Waals surface area (Å²) in [6.07, 6.45) is 0.752. The van der Waals surface area contributed by atoms with Crippen molar-refractivity contribution in [2.45, 2.75) is 20.3 Å². The molecule has 0 amide bonds. The van der Waals surface area contributed by atoms with Gasteiger partial charge in [-0.2, -0.15) is 0 Å². The minimum absolute atomic E-state index is 0.0642. The van der Waals surface area contributed by atoms with E-state index in [0.717, 1.165) is 22.6 Å². The van der Waals surface area contributed by atoms with Crippen LogP contribution in [0.15, 0.2) is 11.4 Å². The largest absolute Gasteiger partial charge is 0.287 e. The second kappa shape index (κ2) is 4.20. The fourth-order valence-corrected chi connectivity index (χ4v) is 2.95. The molecule has 2 rings (SSSR count). The number of thiophene rings is 1. The Bertz CT molecular complexity index is 487. The summed E-state index contributed by atoms with van der Waals surface area (Å²) < 4.78 is 3.83. The quantitative estimate of drug-likeness (QED) is 0.772. The van der Waals surface area contributed by atoms with E-state index in [0.29, 0.717) is 4.88 Å². The molecule has 2 heterocycles. The molecule has 0 atom stereocenters. The molecule has 0 aliphatic heterocycles. The van der Waals surface area contributed by atoms with E-state index in [1.165, 1.54) is 22.9 Å². The van der Waals surface area contributed by atoms with Crippen molar-refractivity contribution < 1.29 is 4.79 Å². The molecule has 0 aromatic carbocycles. The topological polar surface area (TPSA) is 42.9 Å². The number of rotatable bonds is 3. The van der Waals surface area contributed by atoms with Crippen molar-refractivity contribution >= 4 is 28.7 Å². The predicted octanol–water partition coefficient (Wildman–Crippen LogP) is 2.70. The van der Waals surface area contributed by atoms with Gasteiger partial charge in [0, 0.05) is 0 Å². The molecule has 0 N–H and O–H groups in total. The van der Waals surface area contributed by atoms with Crippen LogP contribution in [0.25, 0.3) is 0 Å². The molecule has 2 aromatic rings. The third-order valence-corrected chi connectivity index (χ3v) is 3.95. The summed E-state index contributed by atoms with van der Waals surface area (Å²) in [5, 5.41) is 5.88. The van der Waals surface area contributed by atoms with Crippen molar-refractivity contribution in [1.29, 1.82) is 0 Å². The third kappa shape index (κ3) is 1.85. The Hall–Kier alpha value is -1.07. The molecule has 78 valence electrons. The van der Waals surface area contributed by atoms with E-state index < -0.39 is 0 Å². The highest BCUT2D eigenvalue weighted by Crippen LogP contribution is 2.23. The van der Waals surface area contributed by atoms with Gasteiger partial charge in [0.25, 0.3) is 0 Å². The average Bonchev–Trinajstić information content (AvgIpc) is 2.84. The van der Waals surface area contributed by atoms with Crippen molar-refractivity contribution in [3.8, 4) is 0 Å². The lowest BCUT2D eigenvalue weighted by atomic mass is 10.1. The normalized spacial score (nSPS) is 10.5. The molecule has 0 bridgehead atoms. The molecule has 3 nitrogen and oxygen atoms in total. The first-order valence-corrected chi connectivity index (χ1v) is 6.29. The van der Waals surface area contributed by atoms with Crippen LogP contribution in [0.3, 0.4) is 0 Å². The maximum atomic E-state index is 12.1. The van der Waals surface area contributed by atoms with Crippen molar-refractivity contribution in [3.05, 3.63) is 32.5 Å². The maximum absolute atomic E-state index is 12.1. The second-order valence-electron chi connectivity index (χ2n) is 3.16. The van der Waals surface area contributed by atoms with Crippen molar-refractivity contribution in [3.63, 3.8) is 0 Å². The number of carbonyl (C=O) groups is 1. The number of ketones is 1. The number of aryl methyl sites for hydroxylation is 2. The van der Waals surface area contributed by atoms with Gasteiger partial charge in [-0.25, -0.2) is 0 Å². The maximum Gasteiger partial charge on any atom is 0.216 e. The van der Waals surface area contributed by atoms with Crippen LogP contribution >= 0.6 is 22.9 Å². The lowest BCUT2D eigenvalue weighted by molar-refractivity contribution is 0.104. The first-order chi connectivity index (χ1) is 7.24. The first-order valence-electron chi connectivity index (χ1n) is 4.64. The molecule has 0 spiro atoms. The van der Waals surface area contributed by atoms with Gasteiger partial charge in [0.1, 0.15) is 4.88 Å². The summed E-state index contributed by atoms with van der Waals surface area (Å²) in [5.74, 6) is 0.0642. The van der Waals surface area contributed by atoms with Gasteiger partial charge in [-0.15, -0.1) is 16.4 Å². The molecule has 0 fully saturated rings. The van der Waals surface area contributed by atoms with Gasteiger partial charge in [0.15, 0.2) is 0 Å². The van der Waals surface area contributed by atoms with E-state index in [1.807, 2.05) is 25.3 Å². The molecule has 0 unspecified atom stereocenters. The smallest absolute Gasteiger partial charge is 0.216 e. The van der Waals surface area contributed by atoms with Crippen LogP contribution in [-0.2, 0) is 6.42 Å². The fraction of sp³-hybridized carbons (Fsp3) is 0.300. The number of hydrogen-bond donors (Lipinski definition) is 0. The van der Waals surface area contributed by atoms with E-state index in [4.69, 9.17) is 0 Å². The molecule has 0 radical (unpaired) electrons. The lowest BCUT2D eigenvalue weighted by Gasteiger charge is -1.97. The Morgan fingerprint density at radius 2 is 2.27 bits per heavy atom. The van der Waals surface area contributed by atoms with Crippen LogP contribution in [0.2, 0.25) is 0 Å². The monoisotopic (exact) mass is 238 g/mol. The van der Waals surface area contributed by atoms with Crippen LogP contribution in [0.4, 0.5) is 0 Å². The predicted molar refractivity (Wildman–Crippen MR) is 61.8 cm³/mol. The summed E-state index contributed by atoms with van der Waals surface area (Å²) in [5.41, 5.74) is 1.83. The second-order valence-corrected chi connectivity index (χ2v) is 4.83. The van der Waals surface area contributed by atoms with Crippen LogP contribution in [0.1, 0.15) is 32.7 Å². The third-order valence-electron chi connectivity index (χ3n) is 2.17. The van der Waals surface area contributed by atoms with Gasteiger partial charge in [-0.1, -0.05) is 11.4 Å². The van der Waals surface area contributed by atoms with Gasteiger partial charge in [-0.3, -0.25) is 4.79 Å². The Morgan fingerprint density at radius 1 is 1.47 bits per heavy atom. The minimum Gasteiger partial charge on any atom is -0.287 e. The van der Waals surface area contributed by atoms with E-state index in [-0.39, 0.29) is 5.78 Å². The standard InChI is InChI=1S/C10H10N2OS2/c1-3-7-10(15-12-11-7)8(13)9-6(2)4-5-14-9/h4-5H,3H2,1-2H3. The molecular weight excluding hydrogens is 228 g/mol. The van der Waals surface area contributed by atoms with Crippen molar-refractivity contribution in [2.75, 3.05) is 0 Å². The fourth-order valence-electron chi connectivity index (χ4n) is 1.32. The van der Waals surface area contributed by atoms with Crippen LogP contribution in [0.5, 0.6) is 0 Å². The van der Waals surface area contributed by atoms with Gasteiger partial charge in [-0.05, 0) is 41.9 Å². The zero-order valence-corrected chi connectivity index (χ0v) is 10.1. The highest BCUT2D eigenvalue weighted by Gasteiger charge is 2.19. The number of nitrogens with zero attached hydrogens (tertiary/aromatic N) is 2. The molecule has 0 aliphatic rings. The van der Waals surface area contributed by atoms with Gasteiger partial charge in [0.2, 0.25) is 5.78 Å². The summed E-state index contributed by atoms with van der Waals surface area (Å²) >= 11 is 2.66. The molecule has 2 aromatic heterocycles. The Morgan fingerprint density at radius 3 is 2.87 bits per heavy atom. The number of aromatic nitrogens is 2. The average molecular weight is 238 g/mol. The van der Waals surface area contributed by atoms with E-state index >= 15 is 0 Å². The molecule has 0 saturated carbocycles. The highest BCUT2D eigenvalue weighted by atomic mass is 32.1. The molecule has 0 saturated heterocycles. The van der Waals surface area contributed by atoms with E-state index in [1.54, 1.807) is 0 Å². The Balaban J connectivity index is 2.41. The lowest BCUT2D eigenvalue weighted by Crippen LogP contribution is -2.01. The number of carbonyl (C=O) groups excluding carboxylic acids is 1. The van der Waals surface area contributed by atoms with E-state index in [9.17, 15) is 4.79 Å². The van der Waals surface area contributed by atoms with E-state index in [2.05, 4.69) is 9.59 Å². The highest BCUT2D eigenvalue weighted by molar-refractivity contribution is 7.14. The summed E-state index contributed by atoms with van der Waals surface area (Å²) in [6.45, 7) is 3.93. The van der Waals surface area contributed by atoms with Crippen molar-refractivity contribution in [1.82, 2.24) is 9.59 Å². The summed E-state index contributed by atoms with van der Waals surface area (Å²) in [4.78, 5) is 13.6. The summed E-state index contributed by atoms with van der Waals surface area (Å²) in [6, 6.07) is 1.96. The van der Waals surface area contributed by atoms with Crippen LogP contribution in [-0.4, -0.2) is 15.4 Å². The van der Waals surface area contributed by atoms with Gasteiger partial charge >= 0.3 is 0 Å². The van der Waals surface area contributed by atoms with Crippen LogP contribution < -0.4 is 0 Å². The van der Waals surface area contributed by atoms with Crippen LogP contribution in [0, 0.1) is 6.92 Å². The summed E-state index contributed by atoms with van der Waals surface area (Å²) in [7, 11) is 0. The minimum atomic E-state index is 0.0642. The molecule has 5 heteroatoms. The Kier molecular flexibility index (Phi) is 2.93. The van der Waals surface area contributed by atoms with Gasteiger partial charge < -0.3 is 0 Å². The van der Waals surface area contributed by atoms with Crippen molar-refractivity contribution in [2.24, 2.45) is 0 Å². The zero-order valence-electron chi connectivity index (χ0n) is 8.48. The number of hydrogen-bond acceptors (Lipinski definition) is 5. The molecule has 0 aliphatic carbocycles. The SMILES string of the molecule is CCc1nnsc1C(=O)c1sccc1C. The molecule has 15 heavy (non-hydrogen) atoms. The van der Waals surface area contributed by atoms with Gasteiger partial charge in [0.05, 0.1) is 10.6 Å². The zero-order chi connectivity index (χ0) is 10.8.